The van der Waals surface area contributed by atoms with E-state index in [1.54, 1.807) is 7.11 Å². The molecule has 2 heterocycles. The van der Waals surface area contributed by atoms with Crippen LogP contribution >= 0.6 is 0 Å². The molecule has 2 aromatic heterocycles. The molecule has 0 saturated carbocycles. The van der Waals surface area contributed by atoms with Crippen LogP contribution in [0.2, 0.25) is 0 Å². The maximum atomic E-state index is 6.06. The lowest BCUT2D eigenvalue weighted by atomic mass is 10.3. The first kappa shape index (κ1) is 19.4. The summed E-state index contributed by atoms with van der Waals surface area (Å²) in [4.78, 5) is 17.1. The Kier molecular flexibility index (Phi) is 5.90. The van der Waals surface area contributed by atoms with Gasteiger partial charge in [-0.25, -0.2) is 9.97 Å². The van der Waals surface area contributed by atoms with E-state index in [2.05, 4.69) is 30.3 Å². The maximum absolute atomic E-state index is 6.06. The molecule has 10 heteroatoms. The van der Waals surface area contributed by atoms with Crippen molar-refractivity contribution in [3.8, 4) is 11.6 Å². The van der Waals surface area contributed by atoms with Crippen LogP contribution < -0.4 is 20.7 Å². The van der Waals surface area contributed by atoms with Crippen molar-refractivity contribution in [1.29, 1.82) is 0 Å². The number of hydrogen-bond donors (Lipinski definition) is 2. The summed E-state index contributed by atoms with van der Waals surface area (Å²) in [5.41, 5.74) is 6.80. The molecule has 3 rings (SSSR count). The Balaban J connectivity index is 1.82. The summed E-state index contributed by atoms with van der Waals surface area (Å²) in [6, 6.07) is 9.33. The third-order valence-corrected chi connectivity index (χ3v) is 4.11. The second-order valence-corrected chi connectivity index (χ2v) is 6.49. The van der Waals surface area contributed by atoms with Gasteiger partial charge in [-0.1, -0.05) is 12.1 Å². The summed E-state index contributed by atoms with van der Waals surface area (Å²) in [5.74, 6) is 2.58. The predicted molar refractivity (Wildman–Crippen MR) is 109 cm³/mol. The maximum Gasteiger partial charge on any atom is 0.249 e. The number of para-hydroxylation sites is 2. The van der Waals surface area contributed by atoms with E-state index in [4.69, 9.17) is 10.5 Å². The van der Waals surface area contributed by atoms with Crippen molar-refractivity contribution in [2.45, 2.75) is 0 Å². The van der Waals surface area contributed by atoms with Gasteiger partial charge in [-0.3, -0.25) is 0 Å². The van der Waals surface area contributed by atoms with Gasteiger partial charge in [0.25, 0.3) is 0 Å². The number of nitrogen functional groups attached to an aromatic ring is 1. The lowest BCUT2D eigenvalue weighted by molar-refractivity contribution is 0.416. The molecule has 0 aliphatic carbocycles. The van der Waals surface area contributed by atoms with Crippen LogP contribution in [0.25, 0.3) is 5.82 Å². The normalized spacial score (nSPS) is 10.9. The number of hydrogen-bond acceptors (Lipinski definition) is 9. The van der Waals surface area contributed by atoms with Gasteiger partial charge in [-0.2, -0.15) is 9.67 Å². The van der Waals surface area contributed by atoms with Gasteiger partial charge in [0.2, 0.25) is 11.9 Å². The molecule has 0 aliphatic heterocycles. The van der Waals surface area contributed by atoms with Crippen LogP contribution in [-0.4, -0.2) is 71.0 Å². The first-order valence-electron chi connectivity index (χ1n) is 8.79. The largest absolute Gasteiger partial charge is 0.495 e. The molecule has 3 aromatic rings. The van der Waals surface area contributed by atoms with E-state index in [9.17, 15) is 0 Å². The monoisotopic (exact) mass is 383 g/mol. The molecule has 0 aliphatic rings. The SMILES string of the molecule is COc1ccccc1Nc1nc(N)n(-c2cc(N(C)CCN(C)C)ncn2)n1. The van der Waals surface area contributed by atoms with Crippen molar-refractivity contribution in [2.24, 2.45) is 0 Å². The van der Waals surface area contributed by atoms with Gasteiger partial charge in [-0.15, -0.1) is 5.10 Å². The Bertz CT molecular complexity index is 925. The zero-order chi connectivity index (χ0) is 20.1. The topological polar surface area (TPSA) is 110 Å². The van der Waals surface area contributed by atoms with E-state index in [0.717, 1.165) is 24.6 Å². The lowest BCUT2D eigenvalue weighted by Crippen LogP contribution is -2.29. The van der Waals surface area contributed by atoms with Gasteiger partial charge >= 0.3 is 0 Å². The van der Waals surface area contributed by atoms with Crippen molar-refractivity contribution in [2.75, 3.05) is 57.3 Å². The summed E-state index contributed by atoms with van der Waals surface area (Å²) >= 11 is 0. The average Bonchev–Trinajstić information content (AvgIpc) is 3.06. The molecule has 0 atom stereocenters. The first-order valence-corrected chi connectivity index (χ1v) is 8.79. The minimum atomic E-state index is 0.220. The lowest BCUT2D eigenvalue weighted by Gasteiger charge is -2.20. The number of nitrogens with one attached hydrogen (secondary N) is 1. The zero-order valence-corrected chi connectivity index (χ0v) is 16.5. The highest BCUT2D eigenvalue weighted by Crippen LogP contribution is 2.26. The van der Waals surface area contributed by atoms with E-state index in [1.165, 1.54) is 11.0 Å². The summed E-state index contributed by atoms with van der Waals surface area (Å²) < 4.78 is 6.81. The summed E-state index contributed by atoms with van der Waals surface area (Å²) in [5, 5.41) is 7.54. The van der Waals surface area contributed by atoms with Gasteiger partial charge in [0, 0.05) is 26.2 Å². The number of nitrogens with two attached hydrogens (primary N) is 1. The highest BCUT2D eigenvalue weighted by molar-refractivity contribution is 5.63. The first-order chi connectivity index (χ1) is 13.5. The molecule has 148 valence electrons. The number of rotatable bonds is 8. The second kappa shape index (κ2) is 8.53. The molecule has 0 unspecified atom stereocenters. The summed E-state index contributed by atoms with van der Waals surface area (Å²) in [6.07, 6.45) is 1.49. The van der Waals surface area contributed by atoms with Crippen LogP contribution in [0.1, 0.15) is 0 Å². The molecular formula is C18H25N9O. The highest BCUT2D eigenvalue weighted by atomic mass is 16.5. The van der Waals surface area contributed by atoms with Crippen LogP contribution in [0.5, 0.6) is 5.75 Å². The van der Waals surface area contributed by atoms with E-state index in [-0.39, 0.29) is 5.95 Å². The molecule has 0 radical (unpaired) electrons. The molecule has 0 spiro atoms. The number of benzene rings is 1. The number of methoxy groups -OCH3 is 1. The quantitative estimate of drug-likeness (QED) is 0.596. The van der Waals surface area contributed by atoms with Gasteiger partial charge in [0.05, 0.1) is 12.8 Å². The molecular weight excluding hydrogens is 358 g/mol. The average molecular weight is 383 g/mol. The minimum absolute atomic E-state index is 0.220. The Morgan fingerprint density at radius 1 is 1.14 bits per heavy atom. The van der Waals surface area contributed by atoms with E-state index in [1.807, 2.05) is 56.4 Å². The van der Waals surface area contributed by atoms with E-state index >= 15 is 0 Å². The third-order valence-electron chi connectivity index (χ3n) is 4.11. The number of aromatic nitrogens is 5. The minimum Gasteiger partial charge on any atom is -0.495 e. The summed E-state index contributed by atoms with van der Waals surface area (Å²) in [6.45, 7) is 1.74. The van der Waals surface area contributed by atoms with Crippen LogP contribution in [0.3, 0.4) is 0 Å². The summed E-state index contributed by atoms with van der Waals surface area (Å²) in [7, 11) is 7.66. The van der Waals surface area contributed by atoms with E-state index in [0.29, 0.717) is 17.5 Å². The predicted octanol–water partition coefficient (Wildman–Crippen LogP) is 1.39. The van der Waals surface area contributed by atoms with Gasteiger partial charge in [-0.05, 0) is 26.2 Å². The van der Waals surface area contributed by atoms with Gasteiger partial charge < -0.3 is 25.6 Å². The molecule has 10 nitrogen and oxygen atoms in total. The van der Waals surface area contributed by atoms with Crippen LogP contribution in [-0.2, 0) is 0 Å². The molecule has 0 amide bonds. The van der Waals surface area contributed by atoms with E-state index < -0.39 is 0 Å². The number of nitrogens with zero attached hydrogens (tertiary/aromatic N) is 7. The Labute approximate surface area is 164 Å². The Morgan fingerprint density at radius 3 is 2.68 bits per heavy atom. The smallest absolute Gasteiger partial charge is 0.249 e. The van der Waals surface area contributed by atoms with Gasteiger partial charge in [0.1, 0.15) is 17.9 Å². The fourth-order valence-corrected chi connectivity index (χ4v) is 2.54. The van der Waals surface area contributed by atoms with Crippen molar-refractivity contribution in [3.05, 3.63) is 36.7 Å². The van der Waals surface area contributed by atoms with Gasteiger partial charge in [0.15, 0.2) is 5.82 Å². The van der Waals surface area contributed by atoms with Crippen molar-refractivity contribution in [3.63, 3.8) is 0 Å². The van der Waals surface area contributed by atoms with Crippen molar-refractivity contribution < 1.29 is 4.74 Å². The van der Waals surface area contributed by atoms with Crippen LogP contribution in [0.15, 0.2) is 36.7 Å². The molecule has 0 fully saturated rings. The molecule has 0 saturated heterocycles. The number of anilines is 4. The highest BCUT2D eigenvalue weighted by Gasteiger charge is 2.13. The molecule has 3 N–H and O–H groups in total. The fourth-order valence-electron chi connectivity index (χ4n) is 2.54. The van der Waals surface area contributed by atoms with Crippen LogP contribution in [0.4, 0.5) is 23.4 Å². The number of likely N-dealkylation sites (N-methyl/N-ethyl adjacent to an activating group) is 2. The third kappa shape index (κ3) is 4.46. The standard InChI is InChI=1S/C18H25N9O/c1-25(2)9-10-26(3)15-11-16(21-12-20-15)27-17(19)23-18(24-27)22-13-7-5-6-8-14(13)28-4/h5-8,11-12H,9-10H2,1-4H3,(H3,19,22,23,24). The fraction of sp³-hybridized carbons (Fsp3) is 0.333. The van der Waals surface area contributed by atoms with Crippen LogP contribution in [0, 0.1) is 0 Å². The zero-order valence-electron chi connectivity index (χ0n) is 16.5. The van der Waals surface area contributed by atoms with Crippen molar-refractivity contribution in [1.82, 2.24) is 29.6 Å². The number of ether oxygens (including phenoxy) is 1. The molecule has 1 aromatic carbocycles. The second-order valence-electron chi connectivity index (χ2n) is 6.49. The Morgan fingerprint density at radius 2 is 1.93 bits per heavy atom. The molecule has 28 heavy (non-hydrogen) atoms. The Hall–Kier alpha value is -3.40. The molecule has 0 bridgehead atoms. The van der Waals surface area contributed by atoms with Crippen molar-refractivity contribution >= 4 is 23.4 Å².